The maximum Gasteiger partial charge on any atom is 0.407 e. The van der Waals surface area contributed by atoms with Crippen LogP contribution >= 0.6 is 0 Å². The highest BCUT2D eigenvalue weighted by Crippen LogP contribution is 2.77. The van der Waals surface area contributed by atoms with E-state index in [0.29, 0.717) is 36.0 Å². The number of aliphatic hydroxyl groups excluding tert-OH is 5. The number of hydrogen-bond donors (Lipinski definition) is 7. The van der Waals surface area contributed by atoms with Crippen molar-refractivity contribution in [2.24, 2.45) is 62.6 Å². The highest BCUT2D eigenvalue weighted by atomic mass is 16.6. The Kier molecular flexibility index (Phi) is 9.95. The van der Waals surface area contributed by atoms with E-state index in [1.807, 2.05) is 0 Å². The molecule has 7 N–H and O–H groups in total. The number of amides is 1. The first-order valence-corrected chi connectivity index (χ1v) is 18.3. The van der Waals surface area contributed by atoms with Gasteiger partial charge < -0.3 is 40.7 Å². The van der Waals surface area contributed by atoms with Crippen LogP contribution in [0.25, 0.3) is 0 Å². The van der Waals surface area contributed by atoms with Gasteiger partial charge in [-0.15, -0.1) is 0 Å². The number of carboxylic acid groups (broad SMARTS) is 1. The highest BCUT2D eigenvalue weighted by molar-refractivity contribution is 5.76. The van der Waals surface area contributed by atoms with E-state index in [1.165, 1.54) is 0 Å². The first-order chi connectivity index (χ1) is 21.8. The van der Waals surface area contributed by atoms with E-state index in [1.54, 1.807) is 0 Å². The Morgan fingerprint density at radius 3 is 2.06 bits per heavy atom. The molecule has 14 atom stereocenters. The summed E-state index contributed by atoms with van der Waals surface area (Å²) in [4.78, 5) is 25.9. The molecular formula is C37H63NO9. The third-order valence-electron chi connectivity index (χ3n) is 15.7. The van der Waals surface area contributed by atoms with Gasteiger partial charge in [0.05, 0.1) is 18.1 Å². The molecule has 5 saturated carbocycles. The average molecular weight is 666 g/mol. The normalized spacial score (nSPS) is 45.0. The van der Waals surface area contributed by atoms with E-state index in [4.69, 9.17) is 9.84 Å². The number of carbonyl (C=O) groups is 2. The van der Waals surface area contributed by atoms with Crippen LogP contribution in [-0.2, 0) is 9.53 Å². The van der Waals surface area contributed by atoms with Gasteiger partial charge in [-0.05, 0) is 116 Å². The van der Waals surface area contributed by atoms with Crippen molar-refractivity contribution in [3.63, 3.8) is 0 Å². The minimum atomic E-state index is -1.76. The fourth-order valence-corrected chi connectivity index (χ4v) is 13.0. The molecule has 5 aliphatic carbocycles. The molecule has 0 radical (unpaired) electrons. The van der Waals surface area contributed by atoms with Crippen LogP contribution in [0, 0.1) is 62.6 Å². The molecule has 5 fully saturated rings. The third kappa shape index (κ3) is 5.55. The lowest BCUT2D eigenvalue weighted by Gasteiger charge is -2.72. The molecule has 0 heterocycles. The highest BCUT2D eigenvalue weighted by Gasteiger charge is 2.72. The first-order valence-electron chi connectivity index (χ1n) is 18.3. The quantitative estimate of drug-likeness (QED) is 0.189. The number of fused-ring (bicyclic) bond motifs is 7. The molecule has 0 aromatic heterocycles. The Morgan fingerprint density at radius 1 is 0.787 bits per heavy atom. The van der Waals surface area contributed by atoms with E-state index in [2.05, 4.69) is 53.8 Å². The zero-order chi connectivity index (χ0) is 34.9. The summed E-state index contributed by atoms with van der Waals surface area (Å²) in [5.41, 5.74) is -0.645. The molecule has 1 amide bonds. The van der Waals surface area contributed by atoms with Crippen LogP contribution in [0.3, 0.4) is 0 Å². The number of nitrogens with one attached hydrogen (secondary N) is 1. The Labute approximate surface area is 281 Å². The van der Waals surface area contributed by atoms with Gasteiger partial charge in [-0.1, -0.05) is 48.5 Å². The number of ether oxygens (including phenoxy) is 1. The largest absolute Gasteiger partial charge is 0.481 e. The van der Waals surface area contributed by atoms with Crippen molar-refractivity contribution < 1.29 is 45.0 Å². The van der Waals surface area contributed by atoms with E-state index in [-0.39, 0.29) is 40.2 Å². The second-order valence-electron chi connectivity index (χ2n) is 18.0. The van der Waals surface area contributed by atoms with Gasteiger partial charge in [0.15, 0.2) is 0 Å². The number of hydrogen-bond acceptors (Lipinski definition) is 8. The average Bonchev–Trinajstić information content (AvgIpc) is 3.42. The predicted molar refractivity (Wildman–Crippen MR) is 176 cm³/mol. The number of alkyl carbamates (subject to hydrolysis) is 1. The van der Waals surface area contributed by atoms with Crippen LogP contribution in [0.4, 0.5) is 4.79 Å². The van der Waals surface area contributed by atoms with Crippen molar-refractivity contribution in [3.05, 3.63) is 0 Å². The number of carbonyl (C=O) groups excluding carboxylic acids is 1. The summed E-state index contributed by atoms with van der Waals surface area (Å²) in [6, 6.07) is 0. The second kappa shape index (κ2) is 12.7. The summed E-state index contributed by atoms with van der Waals surface area (Å²) >= 11 is 0. The minimum absolute atomic E-state index is 0.0548. The Bertz CT molecular complexity index is 1180. The Morgan fingerprint density at radius 2 is 1.45 bits per heavy atom. The molecule has 0 bridgehead atoms. The van der Waals surface area contributed by atoms with Gasteiger partial charge in [0, 0.05) is 12.0 Å². The molecule has 4 unspecified atom stereocenters. The van der Waals surface area contributed by atoms with E-state index >= 15 is 0 Å². The summed E-state index contributed by atoms with van der Waals surface area (Å²) < 4.78 is 5.99. The second-order valence-corrected chi connectivity index (χ2v) is 18.0. The fraction of sp³-hybridized carbons (Fsp3) is 0.946. The van der Waals surface area contributed by atoms with Crippen LogP contribution in [0.15, 0.2) is 0 Å². The fourth-order valence-electron chi connectivity index (χ4n) is 13.0. The third-order valence-corrected chi connectivity index (χ3v) is 15.7. The lowest BCUT2D eigenvalue weighted by atomic mass is 9.32. The smallest absolute Gasteiger partial charge is 0.407 e. The van der Waals surface area contributed by atoms with Gasteiger partial charge in [-0.2, -0.15) is 0 Å². The number of aliphatic hydroxyl groups is 5. The zero-order valence-electron chi connectivity index (χ0n) is 29.7. The lowest BCUT2D eigenvalue weighted by molar-refractivity contribution is -0.249. The van der Waals surface area contributed by atoms with Gasteiger partial charge in [0.2, 0.25) is 0 Å². The summed E-state index contributed by atoms with van der Waals surface area (Å²) in [5, 5.41) is 62.0. The summed E-state index contributed by atoms with van der Waals surface area (Å²) in [5.74, 6) is 1.86. The van der Waals surface area contributed by atoms with Gasteiger partial charge in [0.1, 0.15) is 24.4 Å². The van der Waals surface area contributed by atoms with Crippen LogP contribution in [0.5, 0.6) is 0 Å². The first kappa shape index (κ1) is 36.8. The molecule has 0 aromatic rings. The van der Waals surface area contributed by atoms with Gasteiger partial charge in [-0.25, -0.2) is 4.79 Å². The van der Waals surface area contributed by atoms with Gasteiger partial charge >= 0.3 is 12.1 Å². The summed E-state index contributed by atoms with van der Waals surface area (Å²) in [7, 11) is 0. The molecule has 0 spiro atoms. The van der Waals surface area contributed by atoms with E-state index < -0.39 is 48.5 Å². The minimum Gasteiger partial charge on any atom is -0.481 e. The van der Waals surface area contributed by atoms with Crippen molar-refractivity contribution in [1.82, 2.24) is 5.32 Å². The number of rotatable bonds is 9. The maximum absolute atomic E-state index is 13.0. The van der Waals surface area contributed by atoms with E-state index in [0.717, 1.165) is 57.8 Å². The molecule has 0 aliphatic heterocycles. The topological polar surface area (TPSA) is 177 Å². The molecule has 5 rings (SSSR count). The Hall–Kier alpha value is -1.46. The van der Waals surface area contributed by atoms with Crippen molar-refractivity contribution in [2.75, 3.05) is 13.2 Å². The van der Waals surface area contributed by atoms with Crippen molar-refractivity contribution >= 4 is 12.1 Å². The molecule has 0 saturated heterocycles. The zero-order valence-corrected chi connectivity index (χ0v) is 29.7. The molecule has 0 aromatic carbocycles. The SMILES string of the molecule is CC(C)[C@@H]1CC[C@]2(C(=O)O)CC[C@]3(C)C(CCC4[C@@]5(C)CC[C@@H](OC(=O)NC[C@H](O)[C@@H](O)[C@H](O)[C@H](O)CO)C(C)(C)C5CC[C@]43C)C12. The Balaban J connectivity index is 1.30. The maximum atomic E-state index is 13.0. The summed E-state index contributed by atoms with van der Waals surface area (Å²) in [6.07, 6.45) is 1.83. The van der Waals surface area contributed by atoms with E-state index in [9.17, 15) is 35.1 Å². The van der Waals surface area contributed by atoms with Gasteiger partial charge in [0.25, 0.3) is 0 Å². The number of aliphatic carboxylic acids is 1. The predicted octanol–water partition coefficient (Wildman–Crippen LogP) is 4.34. The molecule has 47 heavy (non-hydrogen) atoms. The van der Waals surface area contributed by atoms with Crippen LogP contribution in [-0.4, -0.2) is 86.4 Å². The summed E-state index contributed by atoms with van der Waals surface area (Å²) in [6.45, 7) is 15.4. The molecule has 10 nitrogen and oxygen atoms in total. The lowest BCUT2D eigenvalue weighted by Crippen LogP contribution is -2.67. The monoisotopic (exact) mass is 665 g/mol. The van der Waals surface area contributed by atoms with Crippen molar-refractivity contribution in [2.45, 2.75) is 143 Å². The standard InChI is InChI=1S/C37H63NO9/c1-20(2)21-10-15-37(31(44)45)17-16-35(6)22(28(21)37)8-9-26-34(5)13-12-27(33(3,4)25(34)11-14-36(26,35)7)47-32(46)38-18-23(40)29(42)30(43)24(41)19-39/h20-30,39-43H,8-19H2,1-7H3,(H,38,46)(H,44,45)/t21-,22?,23-,24+,25?,26?,27+,28?,29+,30+,34-,35+,36+,37-/m0/s1. The van der Waals surface area contributed by atoms with Crippen LogP contribution in [0.2, 0.25) is 0 Å². The molecule has 5 aliphatic rings. The molecule has 10 heteroatoms. The molecular weight excluding hydrogens is 602 g/mol. The van der Waals surface area contributed by atoms with Crippen molar-refractivity contribution in [1.29, 1.82) is 0 Å². The van der Waals surface area contributed by atoms with Crippen LogP contribution < -0.4 is 5.32 Å². The number of carboxylic acids is 1. The van der Waals surface area contributed by atoms with Crippen molar-refractivity contribution in [3.8, 4) is 0 Å². The molecule has 270 valence electrons. The van der Waals surface area contributed by atoms with Crippen LogP contribution in [0.1, 0.15) is 113 Å². The van der Waals surface area contributed by atoms with Gasteiger partial charge in [-0.3, -0.25) is 4.79 Å².